The van der Waals surface area contributed by atoms with E-state index < -0.39 is 16.2 Å². The van der Waals surface area contributed by atoms with Crippen LogP contribution in [0, 0.1) is 34.0 Å². The standard InChI is InChI=1S/C23H30O5/c1-21-8-5-15(26)11-14(21)3-4-16-17-6-9-23(13-25,19(28)7-10-24)22(17,2)12-18(27)20(16)21/h5,8,11,16-17,20,24-25H,3-4,6-7,9-10,12-13H2,1-2H3/t16-,17-,20+,21-,22-,23-/m0/s1. The van der Waals surface area contributed by atoms with Gasteiger partial charge in [0.15, 0.2) is 5.78 Å². The van der Waals surface area contributed by atoms with Crippen molar-refractivity contribution in [3.8, 4) is 0 Å². The second-order valence-electron chi connectivity index (χ2n) is 9.71. The first-order valence-electron chi connectivity index (χ1n) is 10.5. The summed E-state index contributed by atoms with van der Waals surface area (Å²) >= 11 is 0. The molecule has 28 heavy (non-hydrogen) atoms. The normalized spacial score (nSPS) is 44.6. The second kappa shape index (κ2) is 6.46. The first kappa shape index (κ1) is 19.7. The number of carbonyl (C=O) groups excluding carboxylic acids is 3. The summed E-state index contributed by atoms with van der Waals surface area (Å²) in [6, 6.07) is 0. The first-order valence-corrected chi connectivity index (χ1v) is 10.5. The van der Waals surface area contributed by atoms with Crippen LogP contribution in [0.2, 0.25) is 0 Å². The molecule has 0 aromatic rings. The van der Waals surface area contributed by atoms with Crippen LogP contribution in [0.15, 0.2) is 23.8 Å². The van der Waals surface area contributed by atoms with E-state index in [0.29, 0.717) is 6.42 Å². The zero-order valence-electron chi connectivity index (χ0n) is 16.7. The summed E-state index contributed by atoms with van der Waals surface area (Å²) in [6.45, 7) is 3.59. The Bertz CT molecular complexity index is 795. The Kier molecular flexibility index (Phi) is 4.55. The molecule has 4 aliphatic rings. The van der Waals surface area contributed by atoms with E-state index in [9.17, 15) is 24.6 Å². The summed E-state index contributed by atoms with van der Waals surface area (Å²) in [7, 11) is 0. The van der Waals surface area contributed by atoms with Gasteiger partial charge in [-0.05, 0) is 55.1 Å². The summed E-state index contributed by atoms with van der Waals surface area (Å²) in [5.74, 6) is 0.203. The maximum Gasteiger partial charge on any atom is 0.178 e. The number of hydrogen-bond acceptors (Lipinski definition) is 5. The van der Waals surface area contributed by atoms with Crippen LogP contribution in [-0.4, -0.2) is 40.8 Å². The van der Waals surface area contributed by atoms with Gasteiger partial charge in [-0.15, -0.1) is 0 Å². The van der Waals surface area contributed by atoms with Crippen molar-refractivity contribution in [1.82, 2.24) is 0 Å². The maximum absolute atomic E-state index is 13.5. The fourth-order valence-corrected chi connectivity index (χ4v) is 7.29. The predicted octanol–water partition coefficient (Wildman–Crippen LogP) is 2.40. The molecule has 3 fully saturated rings. The quantitative estimate of drug-likeness (QED) is 0.774. The van der Waals surface area contributed by atoms with Gasteiger partial charge in [0.1, 0.15) is 11.6 Å². The smallest absolute Gasteiger partial charge is 0.178 e. The number of hydrogen-bond donors (Lipinski definition) is 2. The van der Waals surface area contributed by atoms with Gasteiger partial charge in [-0.2, -0.15) is 0 Å². The van der Waals surface area contributed by atoms with Gasteiger partial charge in [-0.3, -0.25) is 14.4 Å². The monoisotopic (exact) mass is 386 g/mol. The minimum atomic E-state index is -0.934. The summed E-state index contributed by atoms with van der Waals surface area (Å²) < 4.78 is 0. The average Bonchev–Trinajstić information content (AvgIpc) is 2.95. The Balaban J connectivity index is 1.75. The van der Waals surface area contributed by atoms with E-state index in [1.807, 2.05) is 13.0 Å². The second-order valence-corrected chi connectivity index (χ2v) is 9.71. The minimum absolute atomic E-state index is 0.00575. The van der Waals surface area contributed by atoms with Gasteiger partial charge in [0.25, 0.3) is 0 Å². The Hall–Kier alpha value is -1.59. The Morgan fingerprint density at radius 3 is 2.64 bits per heavy atom. The van der Waals surface area contributed by atoms with Gasteiger partial charge in [-0.25, -0.2) is 0 Å². The molecule has 2 N–H and O–H groups in total. The third kappa shape index (κ3) is 2.35. The van der Waals surface area contributed by atoms with E-state index in [0.717, 1.165) is 24.8 Å². The third-order valence-corrected chi connectivity index (χ3v) is 8.76. The summed E-state index contributed by atoms with van der Waals surface area (Å²) in [5, 5.41) is 19.6. The number of allylic oxidation sites excluding steroid dienone is 4. The molecular formula is C23H30O5. The lowest BCUT2D eigenvalue weighted by molar-refractivity contribution is -0.157. The summed E-state index contributed by atoms with van der Waals surface area (Å²) in [5.41, 5.74) is -0.871. The van der Waals surface area contributed by atoms with Crippen LogP contribution in [0.1, 0.15) is 52.4 Å². The number of fused-ring (bicyclic) bond motifs is 5. The van der Waals surface area contributed by atoms with Crippen LogP contribution >= 0.6 is 0 Å². The predicted molar refractivity (Wildman–Crippen MR) is 103 cm³/mol. The van der Waals surface area contributed by atoms with Crippen molar-refractivity contribution in [3.63, 3.8) is 0 Å². The average molecular weight is 386 g/mol. The molecule has 0 unspecified atom stereocenters. The van der Waals surface area contributed by atoms with Gasteiger partial charge in [0.2, 0.25) is 0 Å². The highest BCUT2D eigenvalue weighted by Gasteiger charge is 2.68. The van der Waals surface area contributed by atoms with Crippen molar-refractivity contribution in [2.24, 2.45) is 34.0 Å². The SMILES string of the molecule is C[C@]12C=CC(=O)C=C1CC[C@@H]1[C@@H]2C(=O)C[C@@]2(C)[C@H]1CC[C@]2(CO)C(=O)CCO. The summed E-state index contributed by atoms with van der Waals surface area (Å²) in [6.07, 6.45) is 8.56. The fourth-order valence-electron chi connectivity index (χ4n) is 7.29. The fraction of sp³-hybridized carbons (Fsp3) is 0.696. The molecule has 0 spiro atoms. The molecule has 0 amide bonds. The molecule has 4 rings (SSSR count). The van der Waals surface area contributed by atoms with Crippen molar-refractivity contribution in [2.45, 2.75) is 52.4 Å². The van der Waals surface area contributed by atoms with Crippen LogP contribution in [0.4, 0.5) is 0 Å². The number of Topliss-reactive ketones (excluding diaryl/α,β-unsaturated/α-hetero) is 2. The molecule has 6 atom stereocenters. The van der Waals surface area contributed by atoms with E-state index >= 15 is 0 Å². The summed E-state index contributed by atoms with van der Waals surface area (Å²) in [4.78, 5) is 38.3. The van der Waals surface area contributed by atoms with Gasteiger partial charge in [0.05, 0.1) is 12.0 Å². The third-order valence-electron chi connectivity index (χ3n) is 8.76. The zero-order valence-corrected chi connectivity index (χ0v) is 16.7. The van der Waals surface area contributed by atoms with Gasteiger partial charge in [0, 0.05) is 30.8 Å². The van der Waals surface area contributed by atoms with Crippen molar-refractivity contribution in [2.75, 3.05) is 13.2 Å². The molecule has 152 valence electrons. The molecule has 0 saturated heterocycles. The molecular weight excluding hydrogens is 356 g/mol. The molecule has 4 aliphatic carbocycles. The molecule has 0 aromatic heterocycles. The van der Waals surface area contributed by atoms with Crippen LogP contribution < -0.4 is 0 Å². The van der Waals surface area contributed by atoms with Gasteiger partial charge >= 0.3 is 0 Å². The van der Waals surface area contributed by atoms with Gasteiger partial charge in [-0.1, -0.05) is 25.5 Å². The Morgan fingerprint density at radius 2 is 1.96 bits per heavy atom. The molecule has 0 heterocycles. The molecule has 0 aromatic carbocycles. The maximum atomic E-state index is 13.5. The first-order chi connectivity index (χ1) is 13.2. The number of carbonyl (C=O) groups is 3. The van der Waals surface area contributed by atoms with Crippen LogP contribution in [0.3, 0.4) is 0 Å². The highest BCUT2D eigenvalue weighted by Crippen LogP contribution is 2.68. The molecule has 0 aliphatic heterocycles. The lowest BCUT2D eigenvalue weighted by Gasteiger charge is -2.57. The lowest BCUT2D eigenvalue weighted by Crippen LogP contribution is -2.58. The zero-order chi connectivity index (χ0) is 20.3. The number of aliphatic hydroxyl groups is 2. The van der Waals surface area contributed by atoms with Crippen LogP contribution in [-0.2, 0) is 14.4 Å². The number of rotatable bonds is 4. The molecule has 5 heteroatoms. The highest BCUT2D eigenvalue weighted by molar-refractivity contribution is 6.02. The van der Waals surface area contributed by atoms with Crippen LogP contribution in [0.25, 0.3) is 0 Å². The van der Waals surface area contributed by atoms with E-state index in [2.05, 4.69) is 6.92 Å². The van der Waals surface area contributed by atoms with Crippen molar-refractivity contribution in [1.29, 1.82) is 0 Å². The van der Waals surface area contributed by atoms with Crippen molar-refractivity contribution in [3.05, 3.63) is 23.8 Å². The van der Waals surface area contributed by atoms with Crippen molar-refractivity contribution >= 4 is 17.3 Å². The van der Waals surface area contributed by atoms with Gasteiger partial charge < -0.3 is 10.2 Å². The van der Waals surface area contributed by atoms with Crippen LogP contribution in [0.5, 0.6) is 0 Å². The largest absolute Gasteiger partial charge is 0.396 e. The Labute approximate surface area is 165 Å². The lowest BCUT2D eigenvalue weighted by atomic mass is 9.45. The molecule has 5 nitrogen and oxygen atoms in total. The van der Waals surface area contributed by atoms with Crippen molar-refractivity contribution < 1.29 is 24.6 Å². The Morgan fingerprint density at radius 1 is 1.21 bits per heavy atom. The molecule has 0 radical (unpaired) electrons. The van der Waals surface area contributed by atoms with E-state index in [1.165, 1.54) is 0 Å². The van der Waals surface area contributed by atoms with E-state index in [4.69, 9.17) is 0 Å². The molecule has 3 saturated carbocycles. The highest BCUT2D eigenvalue weighted by atomic mass is 16.3. The topological polar surface area (TPSA) is 91.7 Å². The van der Waals surface area contributed by atoms with E-state index in [1.54, 1.807) is 12.2 Å². The van der Waals surface area contributed by atoms with E-state index in [-0.39, 0.29) is 61.2 Å². The minimum Gasteiger partial charge on any atom is -0.396 e. The molecule has 0 bridgehead atoms. The number of ketones is 3. The number of aliphatic hydroxyl groups excluding tert-OH is 2.